The summed E-state index contributed by atoms with van der Waals surface area (Å²) in [6.07, 6.45) is 10.7. The van der Waals surface area contributed by atoms with E-state index in [1.807, 2.05) is 12.3 Å². The molecule has 0 bridgehead atoms. The van der Waals surface area contributed by atoms with Gasteiger partial charge in [-0.15, -0.1) is 0 Å². The van der Waals surface area contributed by atoms with Crippen LogP contribution < -0.4 is 5.32 Å². The highest BCUT2D eigenvalue weighted by molar-refractivity contribution is 7.80. The summed E-state index contributed by atoms with van der Waals surface area (Å²) in [6, 6.07) is 22.0. The van der Waals surface area contributed by atoms with E-state index in [2.05, 4.69) is 80.6 Å². The molecule has 1 N–H and O–H groups in total. The zero-order valence-electron chi connectivity index (χ0n) is 17.2. The molecule has 1 saturated carbocycles. The Bertz CT molecular complexity index is 979. The van der Waals surface area contributed by atoms with Crippen molar-refractivity contribution in [3.05, 3.63) is 90.0 Å². The van der Waals surface area contributed by atoms with Gasteiger partial charge in [-0.3, -0.25) is 4.98 Å². The van der Waals surface area contributed by atoms with Gasteiger partial charge >= 0.3 is 0 Å². The van der Waals surface area contributed by atoms with Gasteiger partial charge in [0.05, 0.1) is 17.8 Å². The molecule has 1 saturated heterocycles. The lowest BCUT2D eigenvalue weighted by atomic mass is 9.94. The quantitative estimate of drug-likeness (QED) is 0.552. The molecule has 2 atom stereocenters. The normalized spacial score (nSPS) is 22.3. The van der Waals surface area contributed by atoms with Gasteiger partial charge in [0.2, 0.25) is 0 Å². The topological polar surface area (TPSA) is 33.1 Å². The number of nitrogens with zero attached hydrogens (tertiary/aromatic N) is 3. The monoisotopic (exact) mass is 416 g/mol. The first-order valence-electron chi connectivity index (χ1n) is 11.0. The summed E-state index contributed by atoms with van der Waals surface area (Å²) in [5, 5.41) is 4.39. The molecule has 0 radical (unpaired) electrons. The van der Waals surface area contributed by atoms with Crippen molar-refractivity contribution in [2.45, 2.75) is 56.8 Å². The van der Waals surface area contributed by atoms with Gasteiger partial charge in [0.15, 0.2) is 5.11 Å². The van der Waals surface area contributed by atoms with Crippen LogP contribution in [0.4, 0.5) is 0 Å². The molecule has 2 fully saturated rings. The SMILES string of the molecule is S=C1N[C@H](c2ccccn2)[C@H](c2cccn2C2CCCCC2)N1Cc1ccccc1. The Hall–Kier alpha value is -2.66. The molecule has 1 aliphatic heterocycles. The van der Waals surface area contributed by atoms with E-state index in [-0.39, 0.29) is 12.1 Å². The number of nitrogens with one attached hydrogen (secondary N) is 1. The van der Waals surface area contributed by atoms with E-state index in [4.69, 9.17) is 12.2 Å². The maximum Gasteiger partial charge on any atom is 0.170 e. The number of aromatic nitrogens is 2. The van der Waals surface area contributed by atoms with E-state index in [1.54, 1.807) is 0 Å². The largest absolute Gasteiger partial charge is 0.352 e. The zero-order valence-corrected chi connectivity index (χ0v) is 18.0. The van der Waals surface area contributed by atoms with Crippen molar-refractivity contribution >= 4 is 17.3 Å². The van der Waals surface area contributed by atoms with E-state index in [1.165, 1.54) is 43.4 Å². The minimum Gasteiger partial charge on any atom is -0.352 e. The molecule has 3 heterocycles. The predicted octanol–water partition coefficient (Wildman–Crippen LogP) is 5.56. The molecule has 0 amide bonds. The first-order valence-corrected chi connectivity index (χ1v) is 11.4. The van der Waals surface area contributed by atoms with Crippen molar-refractivity contribution in [3.63, 3.8) is 0 Å². The number of hydrogen-bond acceptors (Lipinski definition) is 2. The lowest BCUT2D eigenvalue weighted by Gasteiger charge is -2.32. The standard InChI is InChI=1S/C25H28N4S/c30-25-27-23(21-14-7-8-16-26-21)24(29(25)18-19-10-3-1-4-11-19)22-15-9-17-28(22)20-12-5-2-6-13-20/h1,3-4,7-11,14-17,20,23-24H,2,5-6,12-13,18H2,(H,27,30)/t23-,24+/m1/s1. The van der Waals surface area contributed by atoms with E-state index in [9.17, 15) is 0 Å². The third kappa shape index (κ3) is 3.74. The molecule has 1 aliphatic carbocycles. The lowest BCUT2D eigenvalue weighted by Crippen LogP contribution is -2.30. The zero-order chi connectivity index (χ0) is 20.3. The van der Waals surface area contributed by atoms with Crippen molar-refractivity contribution < 1.29 is 0 Å². The summed E-state index contributed by atoms with van der Waals surface area (Å²) in [7, 11) is 0. The fourth-order valence-electron chi connectivity index (χ4n) is 5.03. The Morgan fingerprint density at radius 3 is 2.50 bits per heavy atom. The van der Waals surface area contributed by atoms with Crippen molar-refractivity contribution in [3.8, 4) is 0 Å². The van der Waals surface area contributed by atoms with Crippen LogP contribution in [-0.2, 0) is 6.54 Å². The van der Waals surface area contributed by atoms with Crippen LogP contribution in [0.1, 0.15) is 67.2 Å². The van der Waals surface area contributed by atoms with Crippen LogP contribution in [0.5, 0.6) is 0 Å². The van der Waals surface area contributed by atoms with Crippen molar-refractivity contribution in [2.24, 2.45) is 0 Å². The summed E-state index contributed by atoms with van der Waals surface area (Å²) in [5.74, 6) is 0. The second-order valence-corrected chi connectivity index (χ2v) is 8.76. The maximum atomic E-state index is 5.85. The Morgan fingerprint density at radius 1 is 0.933 bits per heavy atom. The molecular weight excluding hydrogens is 388 g/mol. The van der Waals surface area contributed by atoms with Crippen LogP contribution >= 0.6 is 12.2 Å². The molecular formula is C25H28N4S. The van der Waals surface area contributed by atoms with Gasteiger partial charge in [-0.1, -0.05) is 55.7 Å². The first-order chi connectivity index (χ1) is 14.8. The van der Waals surface area contributed by atoms with E-state index in [0.717, 1.165) is 17.4 Å². The van der Waals surface area contributed by atoms with Crippen LogP contribution in [0.15, 0.2) is 73.1 Å². The highest BCUT2D eigenvalue weighted by Gasteiger charge is 2.41. The van der Waals surface area contributed by atoms with Crippen LogP contribution in [-0.4, -0.2) is 19.6 Å². The van der Waals surface area contributed by atoms with Crippen LogP contribution in [0, 0.1) is 0 Å². The summed E-state index contributed by atoms with van der Waals surface area (Å²) >= 11 is 5.85. The third-order valence-corrected chi connectivity index (χ3v) is 6.83. The van der Waals surface area contributed by atoms with Gasteiger partial charge in [0, 0.05) is 30.7 Å². The molecule has 0 unspecified atom stereocenters. The van der Waals surface area contributed by atoms with Crippen molar-refractivity contribution in [1.29, 1.82) is 0 Å². The molecule has 4 nitrogen and oxygen atoms in total. The average Bonchev–Trinajstić information content (AvgIpc) is 3.40. The molecule has 5 rings (SSSR count). The fourth-order valence-corrected chi connectivity index (χ4v) is 5.33. The van der Waals surface area contributed by atoms with Crippen LogP contribution in [0.3, 0.4) is 0 Å². The number of pyridine rings is 1. The average molecular weight is 417 g/mol. The van der Waals surface area contributed by atoms with Gasteiger partial charge in [0.1, 0.15) is 0 Å². The Morgan fingerprint density at radius 2 is 1.73 bits per heavy atom. The highest BCUT2D eigenvalue weighted by atomic mass is 32.1. The summed E-state index contributed by atoms with van der Waals surface area (Å²) < 4.78 is 2.52. The van der Waals surface area contributed by atoms with E-state index < -0.39 is 0 Å². The number of hydrogen-bond donors (Lipinski definition) is 1. The third-order valence-electron chi connectivity index (χ3n) is 6.48. The second-order valence-electron chi connectivity index (χ2n) is 8.37. The van der Waals surface area contributed by atoms with Crippen molar-refractivity contribution in [1.82, 2.24) is 19.8 Å². The fraction of sp³-hybridized carbons (Fsp3) is 0.360. The molecule has 0 spiro atoms. The van der Waals surface area contributed by atoms with Gasteiger partial charge < -0.3 is 14.8 Å². The van der Waals surface area contributed by atoms with E-state index in [0.29, 0.717) is 6.04 Å². The van der Waals surface area contributed by atoms with Gasteiger partial charge in [-0.2, -0.15) is 0 Å². The summed E-state index contributed by atoms with van der Waals surface area (Å²) in [4.78, 5) is 7.03. The maximum absolute atomic E-state index is 5.85. The number of benzene rings is 1. The molecule has 3 aromatic rings. The Balaban J connectivity index is 1.54. The summed E-state index contributed by atoms with van der Waals surface area (Å²) in [6.45, 7) is 0.788. The van der Waals surface area contributed by atoms with Gasteiger partial charge in [-0.05, 0) is 54.9 Å². The minimum absolute atomic E-state index is 0.0413. The van der Waals surface area contributed by atoms with Crippen LogP contribution in [0.25, 0.3) is 0 Å². The van der Waals surface area contributed by atoms with Gasteiger partial charge in [0.25, 0.3) is 0 Å². The lowest BCUT2D eigenvalue weighted by molar-refractivity contribution is 0.275. The number of thiocarbonyl (C=S) groups is 1. The Kier molecular flexibility index (Phi) is 5.54. The predicted molar refractivity (Wildman–Crippen MR) is 124 cm³/mol. The molecule has 2 aromatic heterocycles. The molecule has 2 aliphatic rings. The summed E-state index contributed by atoms with van der Waals surface area (Å²) in [5.41, 5.74) is 3.64. The van der Waals surface area contributed by atoms with Gasteiger partial charge in [-0.25, -0.2) is 0 Å². The number of rotatable bonds is 5. The smallest absolute Gasteiger partial charge is 0.170 e. The van der Waals surface area contributed by atoms with Crippen molar-refractivity contribution in [2.75, 3.05) is 0 Å². The van der Waals surface area contributed by atoms with E-state index >= 15 is 0 Å². The first kappa shape index (κ1) is 19.3. The molecule has 5 heteroatoms. The molecule has 154 valence electrons. The second kappa shape index (κ2) is 8.60. The Labute approximate surface area is 183 Å². The van der Waals surface area contributed by atoms with Crippen LogP contribution in [0.2, 0.25) is 0 Å². The highest BCUT2D eigenvalue weighted by Crippen LogP contribution is 2.41. The minimum atomic E-state index is 0.0413. The molecule has 30 heavy (non-hydrogen) atoms. The molecule has 1 aromatic carbocycles.